The molecular formula is C25H21N3O. The highest BCUT2D eigenvalue weighted by Gasteiger charge is 2.13. The van der Waals surface area contributed by atoms with Gasteiger partial charge in [0.25, 0.3) is 5.91 Å². The summed E-state index contributed by atoms with van der Waals surface area (Å²) in [6.45, 7) is 0. The summed E-state index contributed by atoms with van der Waals surface area (Å²) in [5, 5.41) is 2.93. The summed E-state index contributed by atoms with van der Waals surface area (Å²) < 4.78 is 0. The highest BCUT2D eigenvalue weighted by molar-refractivity contribution is 6.04. The number of nitrogens with one attached hydrogen (secondary N) is 1. The molecule has 1 heterocycles. The van der Waals surface area contributed by atoms with Crippen LogP contribution in [0.4, 0.5) is 5.82 Å². The van der Waals surface area contributed by atoms with E-state index in [2.05, 4.69) is 22.4 Å². The van der Waals surface area contributed by atoms with Gasteiger partial charge in [0, 0.05) is 11.1 Å². The zero-order chi connectivity index (χ0) is 19.9. The van der Waals surface area contributed by atoms with Crippen LogP contribution in [0.15, 0.2) is 97.2 Å². The maximum Gasteiger partial charge on any atom is 0.256 e. The van der Waals surface area contributed by atoms with Gasteiger partial charge in [-0.1, -0.05) is 78.9 Å². The van der Waals surface area contributed by atoms with Crippen molar-refractivity contribution in [2.75, 3.05) is 5.32 Å². The maximum absolute atomic E-state index is 12.6. The number of benzene rings is 3. The van der Waals surface area contributed by atoms with Crippen LogP contribution in [-0.4, -0.2) is 15.9 Å². The van der Waals surface area contributed by atoms with Gasteiger partial charge in [-0.2, -0.15) is 0 Å². The normalized spacial score (nSPS) is 10.5. The van der Waals surface area contributed by atoms with E-state index in [-0.39, 0.29) is 5.91 Å². The van der Waals surface area contributed by atoms with Crippen molar-refractivity contribution in [3.8, 4) is 11.3 Å². The number of hydrogen-bond acceptors (Lipinski definition) is 3. The number of nitrogens with zero attached hydrogens (tertiary/aromatic N) is 2. The second-order valence-electron chi connectivity index (χ2n) is 6.72. The first-order valence-corrected chi connectivity index (χ1v) is 9.61. The van der Waals surface area contributed by atoms with Crippen molar-refractivity contribution < 1.29 is 4.79 Å². The summed E-state index contributed by atoms with van der Waals surface area (Å²) in [7, 11) is 0. The molecule has 0 unspecified atom stereocenters. The molecule has 0 radical (unpaired) electrons. The van der Waals surface area contributed by atoms with Crippen molar-refractivity contribution in [2.24, 2.45) is 0 Å². The van der Waals surface area contributed by atoms with Crippen LogP contribution in [0.1, 0.15) is 21.6 Å². The van der Waals surface area contributed by atoms with Crippen LogP contribution in [0.25, 0.3) is 11.3 Å². The van der Waals surface area contributed by atoms with Gasteiger partial charge in [0.15, 0.2) is 5.82 Å². The van der Waals surface area contributed by atoms with Crippen LogP contribution in [0, 0.1) is 0 Å². The molecule has 4 aromatic rings. The standard InChI is InChI=1S/C25H21N3O/c29-25(21-14-8-3-9-15-21)28-24-22(17-16-19-10-4-1-5-11-19)27-23(18-26-24)20-12-6-2-7-13-20/h1-15,18H,16-17H2,(H,26,28,29). The number of hydrogen-bond donors (Lipinski definition) is 1. The van der Waals surface area contributed by atoms with Gasteiger partial charge in [-0.15, -0.1) is 0 Å². The monoisotopic (exact) mass is 379 g/mol. The van der Waals surface area contributed by atoms with Gasteiger partial charge in [0.05, 0.1) is 17.6 Å². The van der Waals surface area contributed by atoms with E-state index in [4.69, 9.17) is 4.98 Å². The van der Waals surface area contributed by atoms with Crippen molar-refractivity contribution in [1.29, 1.82) is 0 Å². The number of anilines is 1. The molecule has 0 spiro atoms. The number of aromatic nitrogens is 2. The van der Waals surface area contributed by atoms with E-state index in [0.29, 0.717) is 17.8 Å². The lowest BCUT2D eigenvalue weighted by Gasteiger charge is -2.12. The fourth-order valence-electron chi connectivity index (χ4n) is 3.13. The molecule has 1 aromatic heterocycles. The molecule has 142 valence electrons. The summed E-state index contributed by atoms with van der Waals surface area (Å²) in [4.78, 5) is 22.0. The first-order chi connectivity index (χ1) is 14.3. The largest absolute Gasteiger partial charge is 0.305 e. The molecule has 0 aliphatic carbocycles. The van der Waals surface area contributed by atoms with Crippen molar-refractivity contribution in [3.05, 3.63) is 114 Å². The molecule has 0 fully saturated rings. The van der Waals surface area contributed by atoms with Crippen molar-refractivity contribution >= 4 is 11.7 Å². The molecule has 0 aliphatic rings. The second-order valence-corrected chi connectivity index (χ2v) is 6.72. The predicted molar refractivity (Wildman–Crippen MR) is 116 cm³/mol. The van der Waals surface area contributed by atoms with E-state index >= 15 is 0 Å². The lowest BCUT2D eigenvalue weighted by atomic mass is 10.1. The van der Waals surface area contributed by atoms with Crippen molar-refractivity contribution in [3.63, 3.8) is 0 Å². The number of carbonyl (C=O) groups excluding carboxylic acids is 1. The zero-order valence-electron chi connectivity index (χ0n) is 16.0. The van der Waals surface area contributed by atoms with Gasteiger partial charge < -0.3 is 5.32 Å². The predicted octanol–water partition coefficient (Wildman–Crippen LogP) is 5.18. The van der Waals surface area contributed by atoms with Gasteiger partial charge in [-0.05, 0) is 30.5 Å². The van der Waals surface area contributed by atoms with Gasteiger partial charge in [-0.25, -0.2) is 9.97 Å². The van der Waals surface area contributed by atoms with Gasteiger partial charge in [0.1, 0.15) is 0 Å². The molecule has 0 atom stereocenters. The molecule has 0 saturated heterocycles. The SMILES string of the molecule is O=C(Nc1ncc(-c2ccccc2)nc1CCc1ccccc1)c1ccccc1. The van der Waals surface area contributed by atoms with Crippen LogP contribution >= 0.6 is 0 Å². The molecule has 29 heavy (non-hydrogen) atoms. The molecule has 0 saturated carbocycles. The quantitative estimate of drug-likeness (QED) is 0.502. The molecule has 1 N–H and O–H groups in total. The Morgan fingerprint density at radius 1 is 0.759 bits per heavy atom. The van der Waals surface area contributed by atoms with Gasteiger partial charge >= 0.3 is 0 Å². The first kappa shape index (κ1) is 18.6. The highest BCUT2D eigenvalue weighted by atomic mass is 16.1. The third kappa shape index (κ3) is 4.74. The molecule has 4 heteroatoms. The van der Waals surface area contributed by atoms with E-state index in [9.17, 15) is 4.79 Å². The third-order valence-corrected chi connectivity index (χ3v) is 4.68. The van der Waals surface area contributed by atoms with E-state index in [1.165, 1.54) is 5.56 Å². The minimum absolute atomic E-state index is 0.187. The average Bonchev–Trinajstić information content (AvgIpc) is 2.80. The molecule has 0 bridgehead atoms. The van der Waals surface area contributed by atoms with Gasteiger partial charge in [0.2, 0.25) is 0 Å². The van der Waals surface area contributed by atoms with E-state index in [1.54, 1.807) is 18.3 Å². The first-order valence-electron chi connectivity index (χ1n) is 9.61. The number of carbonyl (C=O) groups is 1. The topological polar surface area (TPSA) is 54.9 Å². The zero-order valence-corrected chi connectivity index (χ0v) is 16.0. The Morgan fingerprint density at radius 2 is 1.38 bits per heavy atom. The summed E-state index contributed by atoms with van der Waals surface area (Å²) >= 11 is 0. The molecule has 0 aliphatic heterocycles. The minimum Gasteiger partial charge on any atom is -0.305 e. The lowest BCUT2D eigenvalue weighted by molar-refractivity contribution is 0.102. The molecule has 1 amide bonds. The maximum atomic E-state index is 12.6. The Kier molecular flexibility index (Phi) is 5.72. The van der Waals surface area contributed by atoms with Gasteiger partial charge in [-0.3, -0.25) is 4.79 Å². The number of aryl methyl sites for hydroxylation is 2. The molecule has 4 nitrogen and oxygen atoms in total. The Bertz CT molecular complexity index is 1080. The molecule has 4 rings (SSSR count). The second kappa shape index (κ2) is 8.93. The minimum atomic E-state index is -0.187. The lowest BCUT2D eigenvalue weighted by Crippen LogP contribution is -2.15. The van der Waals surface area contributed by atoms with E-state index in [0.717, 1.165) is 23.4 Å². The average molecular weight is 379 g/mol. The van der Waals surface area contributed by atoms with Crippen molar-refractivity contribution in [2.45, 2.75) is 12.8 Å². The Hall–Kier alpha value is -3.79. The molecule has 3 aromatic carbocycles. The van der Waals surface area contributed by atoms with E-state index < -0.39 is 0 Å². The Labute approximate surface area is 170 Å². The van der Waals surface area contributed by atoms with Crippen LogP contribution in [-0.2, 0) is 12.8 Å². The molecular weight excluding hydrogens is 358 g/mol. The van der Waals surface area contributed by atoms with Crippen LogP contribution in [0.5, 0.6) is 0 Å². The van der Waals surface area contributed by atoms with Crippen LogP contribution < -0.4 is 5.32 Å². The summed E-state index contributed by atoms with van der Waals surface area (Å²) in [5.74, 6) is 0.322. The fourth-order valence-corrected chi connectivity index (χ4v) is 3.13. The van der Waals surface area contributed by atoms with E-state index in [1.807, 2.05) is 66.7 Å². The van der Waals surface area contributed by atoms with Crippen LogP contribution in [0.2, 0.25) is 0 Å². The fraction of sp³-hybridized carbons (Fsp3) is 0.0800. The number of amides is 1. The highest BCUT2D eigenvalue weighted by Crippen LogP contribution is 2.21. The summed E-state index contributed by atoms with van der Waals surface area (Å²) in [6.07, 6.45) is 3.21. The van der Waals surface area contributed by atoms with Crippen LogP contribution in [0.3, 0.4) is 0 Å². The third-order valence-electron chi connectivity index (χ3n) is 4.68. The Morgan fingerprint density at radius 3 is 2.07 bits per heavy atom. The Balaban J connectivity index is 1.63. The summed E-state index contributed by atoms with van der Waals surface area (Å²) in [6, 6.07) is 29.3. The van der Waals surface area contributed by atoms with Crippen molar-refractivity contribution in [1.82, 2.24) is 9.97 Å². The smallest absolute Gasteiger partial charge is 0.256 e. The number of rotatable bonds is 6. The summed E-state index contributed by atoms with van der Waals surface area (Å²) in [5.41, 5.74) is 4.39.